The summed E-state index contributed by atoms with van der Waals surface area (Å²) in [6.07, 6.45) is -0.293. The Morgan fingerprint density at radius 3 is 2.52 bits per heavy atom. The highest BCUT2D eigenvalue weighted by Gasteiger charge is 2.28. The third-order valence-corrected chi connectivity index (χ3v) is 3.78. The van der Waals surface area contributed by atoms with Gasteiger partial charge in [-0.05, 0) is 11.6 Å². The van der Waals surface area contributed by atoms with Gasteiger partial charge in [0.25, 0.3) is 0 Å². The van der Waals surface area contributed by atoms with Crippen molar-refractivity contribution in [1.29, 1.82) is 0 Å². The molecule has 0 bridgehead atoms. The first kappa shape index (κ1) is 12.0. The zero-order valence-corrected chi connectivity index (χ0v) is 11.4. The average molecular weight is 278 g/mol. The van der Waals surface area contributed by atoms with Crippen LogP contribution in [0, 0.1) is 0 Å². The van der Waals surface area contributed by atoms with Crippen molar-refractivity contribution in [2.75, 3.05) is 18.1 Å². The van der Waals surface area contributed by atoms with Gasteiger partial charge in [-0.3, -0.25) is 4.90 Å². The van der Waals surface area contributed by atoms with Gasteiger partial charge in [0.1, 0.15) is 12.4 Å². The maximum atomic E-state index is 11.9. The van der Waals surface area contributed by atoms with Crippen LogP contribution in [0.15, 0.2) is 54.6 Å². The highest BCUT2D eigenvalue weighted by molar-refractivity contribution is 6.06. The Morgan fingerprint density at radius 2 is 1.76 bits per heavy atom. The zero-order valence-electron chi connectivity index (χ0n) is 11.4. The smallest absolute Gasteiger partial charge is 0.415 e. The Bertz CT molecular complexity index is 808. The third-order valence-electron chi connectivity index (χ3n) is 3.78. The summed E-state index contributed by atoms with van der Waals surface area (Å²) in [7, 11) is 0. The Balaban J connectivity index is 1.99. The number of anilines is 1. The fourth-order valence-electron chi connectivity index (χ4n) is 2.82. The molecular weight excluding hydrogens is 264 g/mol. The van der Waals surface area contributed by atoms with E-state index in [0.29, 0.717) is 13.2 Å². The summed E-state index contributed by atoms with van der Waals surface area (Å²) < 4.78 is 5.07. The predicted octanol–water partition coefficient (Wildman–Crippen LogP) is 3.79. The van der Waals surface area contributed by atoms with Crippen molar-refractivity contribution in [3.63, 3.8) is 0 Å². The van der Waals surface area contributed by atoms with Gasteiger partial charge in [0.05, 0.1) is 6.54 Å². The van der Waals surface area contributed by atoms with Crippen LogP contribution in [0.5, 0.6) is 0 Å². The molecule has 0 saturated carbocycles. The SMILES string of the molecule is O=C1OCCN1c1[nH]c2ccccc2c1-c1ccccc1. The summed E-state index contributed by atoms with van der Waals surface area (Å²) >= 11 is 0. The largest absolute Gasteiger partial charge is 0.447 e. The molecule has 1 aliphatic rings. The van der Waals surface area contributed by atoms with Crippen LogP contribution in [0.3, 0.4) is 0 Å². The monoisotopic (exact) mass is 278 g/mol. The number of ether oxygens (including phenoxy) is 1. The molecule has 0 radical (unpaired) electrons. The molecule has 4 nitrogen and oxygen atoms in total. The number of carbonyl (C=O) groups excluding carboxylic acids is 1. The fourth-order valence-corrected chi connectivity index (χ4v) is 2.82. The normalized spacial score (nSPS) is 14.7. The van der Waals surface area contributed by atoms with Gasteiger partial charge in [-0.2, -0.15) is 0 Å². The number of nitrogens with one attached hydrogen (secondary N) is 1. The van der Waals surface area contributed by atoms with Gasteiger partial charge in [-0.1, -0.05) is 48.5 Å². The number of aromatic amines is 1. The lowest BCUT2D eigenvalue weighted by Crippen LogP contribution is -2.24. The van der Waals surface area contributed by atoms with Gasteiger partial charge in [0.2, 0.25) is 0 Å². The Kier molecular flexibility index (Phi) is 2.67. The molecule has 0 spiro atoms. The molecular formula is C17H14N2O2. The Hall–Kier alpha value is -2.75. The lowest BCUT2D eigenvalue weighted by Gasteiger charge is -2.13. The van der Waals surface area contributed by atoms with Crippen LogP contribution in [-0.2, 0) is 4.74 Å². The van der Waals surface area contributed by atoms with Crippen LogP contribution in [0.2, 0.25) is 0 Å². The van der Waals surface area contributed by atoms with Gasteiger partial charge < -0.3 is 9.72 Å². The van der Waals surface area contributed by atoms with Crippen molar-refractivity contribution in [2.24, 2.45) is 0 Å². The standard InChI is InChI=1S/C17H14N2O2/c20-17-19(10-11-21-17)16-15(12-6-2-1-3-7-12)13-8-4-5-9-14(13)18-16/h1-9,18H,10-11H2. The number of H-pyrrole nitrogens is 1. The minimum absolute atomic E-state index is 0.293. The lowest BCUT2D eigenvalue weighted by molar-refractivity contribution is 0.181. The predicted molar refractivity (Wildman–Crippen MR) is 82.4 cm³/mol. The van der Waals surface area contributed by atoms with Gasteiger partial charge >= 0.3 is 6.09 Å². The molecule has 3 aromatic rings. The summed E-state index contributed by atoms with van der Waals surface area (Å²) in [6.45, 7) is 1.01. The number of aromatic nitrogens is 1. The molecule has 104 valence electrons. The molecule has 1 aromatic heterocycles. The van der Waals surface area contributed by atoms with Gasteiger partial charge in [0.15, 0.2) is 0 Å². The van der Waals surface area contributed by atoms with Crippen LogP contribution >= 0.6 is 0 Å². The molecule has 1 amide bonds. The van der Waals surface area contributed by atoms with E-state index < -0.39 is 0 Å². The van der Waals surface area contributed by atoms with Gasteiger partial charge in [-0.25, -0.2) is 4.79 Å². The third kappa shape index (κ3) is 1.88. The van der Waals surface area contributed by atoms with Crippen molar-refractivity contribution in [2.45, 2.75) is 0 Å². The van der Waals surface area contributed by atoms with Crippen molar-refractivity contribution in [3.05, 3.63) is 54.6 Å². The van der Waals surface area contributed by atoms with E-state index in [9.17, 15) is 4.79 Å². The van der Waals surface area contributed by atoms with Crippen molar-refractivity contribution < 1.29 is 9.53 Å². The topological polar surface area (TPSA) is 45.3 Å². The van der Waals surface area contributed by atoms with Crippen molar-refractivity contribution in [1.82, 2.24) is 4.98 Å². The molecule has 4 heteroatoms. The summed E-state index contributed by atoms with van der Waals surface area (Å²) in [5.74, 6) is 0.810. The molecule has 2 heterocycles. The molecule has 2 aromatic carbocycles. The first-order chi connectivity index (χ1) is 10.3. The van der Waals surface area contributed by atoms with Crippen LogP contribution in [0.4, 0.5) is 10.6 Å². The second-order valence-electron chi connectivity index (χ2n) is 5.03. The molecule has 1 aliphatic heterocycles. The zero-order chi connectivity index (χ0) is 14.2. The van der Waals surface area contributed by atoms with Crippen LogP contribution in [0.25, 0.3) is 22.0 Å². The number of carbonyl (C=O) groups is 1. The summed E-state index contributed by atoms with van der Waals surface area (Å²) in [6, 6.07) is 18.2. The van der Waals surface area contributed by atoms with E-state index in [1.165, 1.54) is 0 Å². The molecule has 0 unspecified atom stereocenters. The highest BCUT2D eigenvalue weighted by atomic mass is 16.6. The number of amides is 1. The second-order valence-corrected chi connectivity index (χ2v) is 5.03. The lowest BCUT2D eigenvalue weighted by atomic mass is 10.0. The number of benzene rings is 2. The molecule has 1 fully saturated rings. The number of hydrogen-bond acceptors (Lipinski definition) is 2. The number of nitrogens with zero attached hydrogens (tertiary/aromatic N) is 1. The maximum Gasteiger partial charge on any atom is 0.415 e. The average Bonchev–Trinajstić information content (AvgIpc) is 3.11. The van der Waals surface area contributed by atoms with E-state index in [2.05, 4.69) is 23.2 Å². The molecule has 0 aliphatic carbocycles. The summed E-state index contributed by atoms with van der Waals surface area (Å²) in [5.41, 5.74) is 3.15. The van der Waals surface area contributed by atoms with Crippen LogP contribution in [0.1, 0.15) is 0 Å². The summed E-state index contributed by atoms with van der Waals surface area (Å²) in [5, 5.41) is 1.11. The molecule has 0 atom stereocenters. The van der Waals surface area contributed by atoms with E-state index in [1.54, 1.807) is 4.90 Å². The Labute approximate surface area is 122 Å². The minimum atomic E-state index is -0.293. The van der Waals surface area contributed by atoms with E-state index >= 15 is 0 Å². The molecule has 1 N–H and O–H groups in total. The quantitative estimate of drug-likeness (QED) is 0.775. The van der Waals surface area contributed by atoms with Gasteiger partial charge in [0, 0.05) is 16.5 Å². The van der Waals surface area contributed by atoms with E-state index in [-0.39, 0.29) is 6.09 Å². The van der Waals surface area contributed by atoms with Crippen LogP contribution in [-0.4, -0.2) is 24.2 Å². The number of rotatable bonds is 2. The van der Waals surface area contributed by atoms with Crippen LogP contribution < -0.4 is 4.90 Å². The molecule has 21 heavy (non-hydrogen) atoms. The fraction of sp³-hybridized carbons (Fsp3) is 0.118. The number of cyclic esters (lactones) is 1. The van der Waals surface area contributed by atoms with E-state index in [0.717, 1.165) is 27.8 Å². The molecule has 4 rings (SSSR count). The highest BCUT2D eigenvalue weighted by Crippen LogP contribution is 2.38. The van der Waals surface area contributed by atoms with E-state index in [4.69, 9.17) is 4.74 Å². The maximum absolute atomic E-state index is 11.9. The summed E-state index contributed by atoms with van der Waals surface area (Å²) in [4.78, 5) is 16.9. The first-order valence-electron chi connectivity index (χ1n) is 6.95. The Morgan fingerprint density at radius 1 is 1.00 bits per heavy atom. The number of fused-ring (bicyclic) bond motifs is 1. The number of para-hydroxylation sites is 1. The molecule has 1 saturated heterocycles. The second kappa shape index (κ2) is 4.66. The minimum Gasteiger partial charge on any atom is -0.447 e. The van der Waals surface area contributed by atoms with Gasteiger partial charge in [-0.15, -0.1) is 0 Å². The van der Waals surface area contributed by atoms with Crippen molar-refractivity contribution >= 4 is 22.8 Å². The van der Waals surface area contributed by atoms with E-state index in [1.807, 2.05) is 36.4 Å². The first-order valence-corrected chi connectivity index (χ1v) is 6.95. The number of hydrogen-bond donors (Lipinski definition) is 1. The van der Waals surface area contributed by atoms with Crippen molar-refractivity contribution in [3.8, 4) is 11.1 Å².